The molecule has 6 heteroatoms. The van der Waals surface area contributed by atoms with Gasteiger partial charge in [0.1, 0.15) is 5.25 Å². The Kier molecular flexibility index (Phi) is 3.71. The second-order valence-electron chi connectivity index (χ2n) is 5.31. The van der Waals surface area contributed by atoms with Crippen LogP contribution in [0.2, 0.25) is 0 Å². The van der Waals surface area contributed by atoms with Crippen LogP contribution in [-0.2, 0) is 9.59 Å². The van der Waals surface area contributed by atoms with Crippen LogP contribution in [0.5, 0.6) is 0 Å². The summed E-state index contributed by atoms with van der Waals surface area (Å²) in [7, 11) is 0. The number of amidine groups is 1. The number of rotatable bonds is 3. The number of thioether (sulfide) groups is 1. The molecule has 0 spiro atoms. The van der Waals surface area contributed by atoms with Gasteiger partial charge >= 0.3 is 0 Å². The normalized spacial score (nSPS) is 20.5. The van der Waals surface area contributed by atoms with E-state index in [0.717, 1.165) is 16.4 Å². The summed E-state index contributed by atoms with van der Waals surface area (Å²) in [6.45, 7) is 5.36. The molecule has 1 unspecified atom stereocenters. The van der Waals surface area contributed by atoms with E-state index < -0.39 is 0 Å². The molecule has 0 bridgehead atoms. The molecule has 1 fully saturated rings. The van der Waals surface area contributed by atoms with Crippen molar-refractivity contribution in [2.24, 2.45) is 4.99 Å². The fourth-order valence-corrected chi connectivity index (χ4v) is 3.60. The largest absolute Gasteiger partial charge is 0.326 e. The molecule has 2 amide bonds. The zero-order chi connectivity index (χ0) is 15.0. The van der Waals surface area contributed by atoms with Crippen molar-refractivity contribution in [3.05, 3.63) is 29.3 Å². The summed E-state index contributed by atoms with van der Waals surface area (Å²) >= 11 is 1.40. The highest BCUT2D eigenvalue weighted by molar-refractivity contribution is 8.15. The molecule has 1 atom stereocenters. The number of aliphatic imine (C=N–C) groups is 1. The molecule has 110 valence electrons. The molecule has 0 radical (unpaired) electrons. The number of nitrogens with zero attached hydrogens (tertiary/aromatic N) is 2. The number of amides is 2. The highest BCUT2D eigenvalue weighted by atomic mass is 32.2. The first-order valence-electron chi connectivity index (χ1n) is 6.94. The average Bonchev–Trinajstić information content (AvgIpc) is 2.99. The molecule has 5 nitrogen and oxygen atoms in total. The van der Waals surface area contributed by atoms with Crippen LogP contribution in [-0.4, -0.2) is 40.2 Å². The minimum absolute atomic E-state index is 0.00601. The van der Waals surface area contributed by atoms with Crippen LogP contribution in [0.1, 0.15) is 17.5 Å². The molecular weight excluding hydrogens is 286 g/mol. The average molecular weight is 303 g/mol. The SMILES string of the molecule is Cc1ccc(NC(=O)CC2SC3=NCCN3C2=O)cc1C. The van der Waals surface area contributed by atoms with E-state index in [-0.39, 0.29) is 23.5 Å². The highest BCUT2D eigenvalue weighted by Crippen LogP contribution is 2.31. The van der Waals surface area contributed by atoms with E-state index >= 15 is 0 Å². The molecule has 0 aromatic heterocycles. The Balaban J connectivity index is 1.62. The fourth-order valence-electron chi connectivity index (χ4n) is 2.41. The molecule has 1 saturated heterocycles. The van der Waals surface area contributed by atoms with Gasteiger partial charge in [-0.2, -0.15) is 0 Å². The number of carbonyl (C=O) groups is 2. The van der Waals surface area contributed by atoms with E-state index in [9.17, 15) is 9.59 Å². The first kappa shape index (κ1) is 14.1. The molecule has 2 heterocycles. The Labute approximate surface area is 127 Å². The van der Waals surface area contributed by atoms with Crippen molar-refractivity contribution in [1.82, 2.24) is 4.90 Å². The van der Waals surface area contributed by atoms with Gasteiger partial charge in [0.15, 0.2) is 5.17 Å². The Bertz CT molecular complexity index is 642. The van der Waals surface area contributed by atoms with E-state index in [0.29, 0.717) is 13.1 Å². The van der Waals surface area contributed by atoms with Gasteiger partial charge in [-0.15, -0.1) is 0 Å². The van der Waals surface area contributed by atoms with Gasteiger partial charge in [-0.05, 0) is 37.1 Å². The fraction of sp³-hybridized carbons (Fsp3) is 0.400. The van der Waals surface area contributed by atoms with Crippen molar-refractivity contribution in [3.63, 3.8) is 0 Å². The maximum atomic E-state index is 12.1. The van der Waals surface area contributed by atoms with Crippen molar-refractivity contribution < 1.29 is 9.59 Å². The van der Waals surface area contributed by atoms with E-state index in [1.807, 2.05) is 32.0 Å². The minimum atomic E-state index is -0.337. The van der Waals surface area contributed by atoms with E-state index in [2.05, 4.69) is 10.3 Å². The van der Waals surface area contributed by atoms with E-state index in [4.69, 9.17) is 0 Å². The van der Waals surface area contributed by atoms with Crippen molar-refractivity contribution >= 4 is 34.4 Å². The summed E-state index contributed by atoms with van der Waals surface area (Å²) in [4.78, 5) is 30.2. The molecule has 3 rings (SSSR count). The number of hydrogen-bond donors (Lipinski definition) is 1. The topological polar surface area (TPSA) is 61.8 Å². The second kappa shape index (κ2) is 5.52. The lowest BCUT2D eigenvalue weighted by molar-refractivity contribution is -0.127. The van der Waals surface area contributed by atoms with Gasteiger partial charge in [-0.25, -0.2) is 0 Å². The number of carbonyl (C=O) groups excluding carboxylic acids is 2. The third-order valence-corrected chi connectivity index (χ3v) is 4.97. The van der Waals surface area contributed by atoms with Gasteiger partial charge in [-0.1, -0.05) is 17.8 Å². The quantitative estimate of drug-likeness (QED) is 0.928. The van der Waals surface area contributed by atoms with E-state index in [1.54, 1.807) is 4.90 Å². The summed E-state index contributed by atoms with van der Waals surface area (Å²) in [6.07, 6.45) is 0.186. The Morgan fingerprint density at radius 2 is 2.24 bits per heavy atom. The second-order valence-corrected chi connectivity index (χ2v) is 6.48. The van der Waals surface area contributed by atoms with Crippen LogP contribution in [0.4, 0.5) is 5.69 Å². The van der Waals surface area contributed by atoms with Crippen LogP contribution in [0, 0.1) is 13.8 Å². The first-order chi connectivity index (χ1) is 10.0. The molecular formula is C15H17N3O2S. The van der Waals surface area contributed by atoms with Gasteiger partial charge in [0.2, 0.25) is 11.8 Å². The molecule has 1 aromatic rings. The van der Waals surface area contributed by atoms with Crippen LogP contribution in [0.15, 0.2) is 23.2 Å². The molecule has 2 aliphatic heterocycles. The van der Waals surface area contributed by atoms with Crippen LogP contribution in [0.25, 0.3) is 0 Å². The number of anilines is 1. The van der Waals surface area contributed by atoms with Gasteiger partial charge < -0.3 is 5.32 Å². The third kappa shape index (κ3) is 2.81. The van der Waals surface area contributed by atoms with E-state index in [1.165, 1.54) is 17.3 Å². The van der Waals surface area contributed by atoms with Crippen molar-refractivity contribution in [1.29, 1.82) is 0 Å². The van der Waals surface area contributed by atoms with Crippen molar-refractivity contribution in [2.45, 2.75) is 25.5 Å². The Hall–Kier alpha value is -1.82. The van der Waals surface area contributed by atoms with Crippen LogP contribution >= 0.6 is 11.8 Å². The third-order valence-electron chi connectivity index (χ3n) is 3.75. The zero-order valence-corrected chi connectivity index (χ0v) is 12.9. The monoisotopic (exact) mass is 303 g/mol. The van der Waals surface area contributed by atoms with Gasteiger partial charge in [0.25, 0.3) is 0 Å². The molecule has 21 heavy (non-hydrogen) atoms. The lowest BCUT2D eigenvalue weighted by atomic mass is 10.1. The molecule has 2 aliphatic rings. The number of nitrogens with one attached hydrogen (secondary N) is 1. The van der Waals surface area contributed by atoms with Crippen molar-refractivity contribution in [2.75, 3.05) is 18.4 Å². The lowest BCUT2D eigenvalue weighted by Gasteiger charge is -2.11. The predicted molar refractivity (Wildman–Crippen MR) is 84.6 cm³/mol. The summed E-state index contributed by atoms with van der Waals surface area (Å²) in [5, 5.41) is 3.29. The predicted octanol–water partition coefficient (Wildman–Crippen LogP) is 1.95. The Morgan fingerprint density at radius 1 is 1.43 bits per heavy atom. The molecule has 0 aliphatic carbocycles. The smallest absolute Gasteiger partial charge is 0.242 e. The van der Waals surface area contributed by atoms with Crippen LogP contribution < -0.4 is 5.32 Å². The molecule has 1 aromatic carbocycles. The molecule has 0 saturated carbocycles. The van der Waals surface area contributed by atoms with Gasteiger partial charge in [0, 0.05) is 18.7 Å². The van der Waals surface area contributed by atoms with Crippen molar-refractivity contribution in [3.8, 4) is 0 Å². The van der Waals surface area contributed by atoms with Gasteiger partial charge in [-0.3, -0.25) is 19.5 Å². The maximum Gasteiger partial charge on any atom is 0.242 e. The number of aryl methyl sites for hydroxylation is 2. The minimum Gasteiger partial charge on any atom is -0.326 e. The van der Waals surface area contributed by atoms with Gasteiger partial charge in [0.05, 0.1) is 6.54 Å². The summed E-state index contributed by atoms with van der Waals surface area (Å²) in [6, 6.07) is 5.80. The lowest BCUT2D eigenvalue weighted by Crippen LogP contribution is -2.32. The summed E-state index contributed by atoms with van der Waals surface area (Å²) in [5.41, 5.74) is 3.10. The number of hydrogen-bond acceptors (Lipinski definition) is 4. The number of fused-ring (bicyclic) bond motifs is 1. The van der Waals surface area contributed by atoms with Crippen LogP contribution in [0.3, 0.4) is 0 Å². The maximum absolute atomic E-state index is 12.1. The number of benzene rings is 1. The first-order valence-corrected chi connectivity index (χ1v) is 7.82. The zero-order valence-electron chi connectivity index (χ0n) is 12.0. The summed E-state index contributed by atoms with van der Waals surface area (Å²) in [5.74, 6) is -0.127. The Morgan fingerprint density at radius 3 is 2.95 bits per heavy atom. The molecule has 1 N–H and O–H groups in total. The standard InChI is InChI=1S/C15H17N3O2S/c1-9-3-4-11(7-10(9)2)17-13(19)8-12-14(20)18-6-5-16-15(18)21-12/h3-4,7,12H,5-6,8H2,1-2H3,(H,17,19). The highest BCUT2D eigenvalue weighted by Gasteiger charge is 2.40. The summed E-state index contributed by atoms with van der Waals surface area (Å²) < 4.78 is 0.